The van der Waals surface area contributed by atoms with Gasteiger partial charge in [-0.2, -0.15) is 0 Å². The van der Waals surface area contributed by atoms with E-state index in [0.717, 1.165) is 34.5 Å². The number of phenols is 1. The number of nitrogens with zero attached hydrogens (tertiary/aromatic N) is 3. The van der Waals surface area contributed by atoms with Crippen molar-refractivity contribution in [2.24, 2.45) is 10.9 Å². The van der Waals surface area contributed by atoms with E-state index >= 15 is 0 Å². The summed E-state index contributed by atoms with van der Waals surface area (Å²) in [6, 6.07) is 15.0. The smallest absolute Gasteiger partial charge is 0.142 e. The summed E-state index contributed by atoms with van der Waals surface area (Å²) in [7, 11) is 0. The highest BCUT2D eigenvalue weighted by molar-refractivity contribution is 6.15. The lowest BCUT2D eigenvalue weighted by molar-refractivity contribution is 0.129. The van der Waals surface area contributed by atoms with Gasteiger partial charge >= 0.3 is 0 Å². The maximum atomic E-state index is 10.0. The number of hydrogen-bond donors (Lipinski definition) is 3. The highest BCUT2D eigenvalue weighted by atomic mass is 16.6. The van der Waals surface area contributed by atoms with Crippen LogP contribution in [0.2, 0.25) is 0 Å². The number of nitrogen functional groups attached to an aromatic ring is 1. The van der Waals surface area contributed by atoms with Gasteiger partial charge in [-0.15, -0.1) is 0 Å². The van der Waals surface area contributed by atoms with E-state index in [1.807, 2.05) is 50.2 Å². The van der Waals surface area contributed by atoms with E-state index in [9.17, 15) is 5.11 Å². The van der Waals surface area contributed by atoms with Crippen molar-refractivity contribution in [2.45, 2.75) is 45.6 Å². The molecular weight excluding hydrogens is 402 g/mol. The maximum absolute atomic E-state index is 10.0. The minimum Gasteiger partial charge on any atom is -0.508 e. The fraction of sp³-hybridized carbons (Fsp3) is 0.320. The van der Waals surface area contributed by atoms with E-state index < -0.39 is 5.41 Å². The Bertz CT molecular complexity index is 1080. The number of oxime groups is 1. The van der Waals surface area contributed by atoms with Crippen molar-refractivity contribution in [2.75, 3.05) is 12.3 Å². The van der Waals surface area contributed by atoms with E-state index in [2.05, 4.69) is 22.0 Å². The van der Waals surface area contributed by atoms with Crippen molar-refractivity contribution in [3.63, 3.8) is 0 Å². The molecule has 0 bridgehead atoms. The third kappa shape index (κ3) is 4.89. The number of aromatic nitrogens is 2. The first kappa shape index (κ1) is 23.2. The second-order valence-corrected chi connectivity index (χ2v) is 8.18. The van der Waals surface area contributed by atoms with Gasteiger partial charge in [0.15, 0.2) is 0 Å². The van der Waals surface area contributed by atoms with Crippen molar-refractivity contribution in [3.05, 3.63) is 71.5 Å². The zero-order chi connectivity index (χ0) is 23.1. The number of anilines is 1. The fourth-order valence-corrected chi connectivity index (χ4v) is 3.72. The van der Waals surface area contributed by atoms with E-state index in [1.54, 1.807) is 12.1 Å². The predicted octanol–water partition coefficient (Wildman–Crippen LogP) is 4.39. The van der Waals surface area contributed by atoms with Crippen molar-refractivity contribution >= 4 is 11.5 Å². The molecular formula is C25H31N5O2. The minimum absolute atomic E-state index is 0.158. The zero-order valence-electron chi connectivity index (χ0n) is 18.9. The maximum Gasteiger partial charge on any atom is 0.142 e. The van der Waals surface area contributed by atoms with Gasteiger partial charge < -0.3 is 21.4 Å². The summed E-state index contributed by atoms with van der Waals surface area (Å²) in [6.07, 6.45) is 3.84. The number of nitrogens with two attached hydrogens (primary N) is 2. The molecule has 0 radical (unpaired) electrons. The van der Waals surface area contributed by atoms with Gasteiger partial charge in [-0.1, -0.05) is 48.8 Å². The molecule has 0 amide bonds. The van der Waals surface area contributed by atoms with Gasteiger partial charge in [-0.05, 0) is 50.6 Å². The van der Waals surface area contributed by atoms with Crippen molar-refractivity contribution in [1.29, 1.82) is 0 Å². The molecule has 32 heavy (non-hydrogen) atoms. The Hall–Kier alpha value is -3.45. The molecule has 7 heteroatoms. The normalized spacial score (nSPS) is 14.7. The monoisotopic (exact) mass is 433 g/mol. The van der Waals surface area contributed by atoms with Gasteiger partial charge in [0.1, 0.15) is 24.5 Å². The number of aromatic hydroxyl groups is 1. The van der Waals surface area contributed by atoms with Crippen LogP contribution in [0.1, 0.15) is 50.3 Å². The predicted molar refractivity (Wildman–Crippen MR) is 128 cm³/mol. The van der Waals surface area contributed by atoms with Crippen LogP contribution in [0, 0.1) is 0 Å². The molecule has 1 aliphatic carbocycles. The molecule has 1 aliphatic rings. The van der Waals surface area contributed by atoms with Gasteiger partial charge in [0, 0.05) is 22.1 Å². The number of benzene rings is 2. The van der Waals surface area contributed by atoms with Crippen LogP contribution in [0.5, 0.6) is 5.75 Å². The Morgan fingerprint density at radius 3 is 2.47 bits per heavy atom. The Morgan fingerprint density at radius 2 is 1.81 bits per heavy atom. The molecule has 168 valence electrons. The van der Waals surface area contributed by atoms with E-state index in [0.29, 0.717) is 18.1 Å². The van der Waals surface area contributed by atoms with Gasteiger partial charge in [0.05, 0.1) is 11.4 Å². The lowest BCUT2D eigenvalue weighted by Gasteiger charge is -2.34. The van der Waals surface area contributed by atoms with Gasteiger partial charge in [-0.25, -0.2) is 9.97 Å². The highest BCUT2D eigenvalue weighted by Crippen LogP contribution is 2.45. The van der Waals surface area contributed by atoms with E-state index in [-0.39, 0.29) is 5.75 Å². The van der Waals surface area contributed by atoms with Crippen LogP contribution < -0.4 is 11.5 Å². The quantitative estimate of drug-likeness (QED) is 0.513. The zero-order valence-corrected chi connectivity index (χ0v) is 18.9. The number of unbranched alkanes of at least 4 members (excludes halogenated alkanes) is 1. The molecule has 1 aromatic heterocycles. The molecule has 1 heterocycles. The number of fused-ring (bicyclic) bond motifs is 3. The summed E-state index contributed by atoms with van der Waals surface area (Å²) >= 11 is 0. The third-order valence-corrected chi connectivity index (χ3v) is 5.39. The highest BCUT2D eigenvalue weighted by Gasteiger charge is 2.40. The molecule has 0 fully saturated rings. The van der Waals surface area contributed by atoms with Crippen molar-refractivity contribution in [3.8, 4) is 17.0 Å². The molecule has 5 N–H and O–H groups in total. The number of phenolic OH excluding ortho intramolecular Hbond substituents is 1. The Labute approximate surface area is 189 Å². The van der Waals surface area contributed by atoms with Gasteiger partial charge in [0.25, 0.3) is 0 Å². The first-order valence-corrected chi connectivity index (χ1v) is 10.8. The van der Waals surface area contributed by atoms with Crippen LogP contribution in [0.3, 0.4) is 0 Å². The number of rotatable bonds is 5. The molecule has 0 saturated carbocycles. The average Bonchev–Trinajstić information content (AvgIpc) is 2.77. The summed E-state index contributed by atoms with van der Waals surface area (Å²) in [5.41, 5.74) is 15.6. The van der Waals surface area contributed by atoms with Gasteiger partial charge in [-0.3, -0.25) is 0 Å². The summed E-state index contributed by atoms with van der Waals surface area (Å²) < 4.78 is 0. The van der Waals surface area contributed by atoms with E-state index in [1.165, 1.54) is 19.2 Å². The Morgan fingerprint density at radius 1 is 1.06 bits per heavy atom. The molecule has 0 aliphatic heterocycles. The summed E-state index contributed by atoms with van der Waals surface area (Å²) in [6.45, 7) is 7.33. The Kier molecular flexibility index (Phi) is 7.43. The second kappa shape index (κ2) is 10.2. The summed E-state index contributed by atoms with van der Waals surface area (Å²) in [5.74, 6) is 0.574. The first-order chi connectivity index (χ1) is 15.4. The largest absolute Gasteiger partial charge is 0.508 e. The SMILES string of the molecule is CC1(C)/C(=N/OCc2ccccc2)c2cc(O)ccc2-c2ncnc(N)c21.CCCCN. The molecule has 0 spiro atoms. The van der Waals surface area contributed by atoms with Crippen LogP contribution in [0.15, 0.2) is 60.0 Å². The van der Waals surface area contributed by atoms with Crippen LogP contribution in [-0.4, -0.2) is 27.3 Å². The van der Waals surface area contributed by atoms with Gasteiger partial charge in [0.2, 0.25) is 0 Å². The number of hydrogen-bond acceptors (Lipinski definition) is 7. The first-order valence-electron chi connectivity index (χ1n) is 10.8. The minimum atomic E-state index is -0.585. The lowest BCUT2D eigenvalue weighted by atomic mass is 9.70. The molecule has 0 unspecified atom stereocenters. The average molecular weight is 434 g/mol. The van der Waals surface area contributed by atoms with Crippen LogP contribution in [0.4, 0.5) is 5.82 Å². The van der Waals surface area contributed by atoms with Crippen molar-refractivity contribution < 1.29 is 9.94 Å². The molecule has 0 atom stereocenters. The molecule has 7 nitrogen and oxygen atoms in total. The Balaban J connectivity index is 0.000000523. The van der Waals surface area contributed by atoms with Crippen LogP contribution >= 0.6 is 0 Å². The fourth-order valence-electron chi connectivity index (χ4n) is 3.72. The topological polar surface area (TPSA) is 120 Å². The summed E-state index contributed by atoms with van der Waals surface area (Å²) in [5, 5.41) is 14.5. The molecule has 2 aromatic carbocycles. The second-order valence-electron chi connectivity index (χ2n) is 8.18. The van der Waals surface area contributed by atoms with Crippen molar-refractivity contribution in [1.82, 2.24) is 9.97 Å². The van der Waals surface area contributed by atoms with E-state index in [4.69, 9.17) is 16.3 Å². The third-order valence-electron chi connectivity index (χ3n) is 5.39. The van der Waals surface area contributed by atoms with Crippen LogP contribution in [-0.2, 0) is 16.9 Å². The summed E-state index contributed by atoms with van der Waals surface area (Å²) in [4.78, 5) is 14.3. The lowest BCUT2D eigenvalue weighted by Crippen LogP contribution is -2.36. The van der Waals surface area contributed by atoms with Crippen LogP contribution in [0.25, 0.3) is 11.3 Å². The molecule has 3 aromatic rings. The molecule has 0 saturated heterocycles. The standard InChI is InChI=1S/C21H20N4O2.C4H11N/c1-21(2)17-18(23-12-24-20(17)22)15-9-8-14(26)10-16(15)19(21)25-27-11-13-6-4-3-5-7-13;1-2-3-4-5/h3-10,12,26H,11H2,1-2H3,(H2,22,23,24);2-5H2,1H3/b25-19+;. The molecule has 4 rings (SSSR count).